The van der Waals surface area contributed by atoms with E-state index in [0.717, 1.165) is 39.1 Å². The van der Waals surface area contributed by atoms with Gasteiger partial charge in [-0.3, -0.25) is 38.8 Å². The molecule has 0 aromatic carbocycles. The van der Waals surface area contributed by atoms with Crippen molar-refractivity contribution in [3.63, 3.8) is 0 Å². The van der Waals surface area contributed by atoms with E-state index in [1.54, 1.807) is 9.80 Å². The predicted molar refractivity (Wildman–Crippen MR) is 150 cm³/mol. The van der Waals surface area contributed by atoms with Crippen molar-refractivity contribution in [2.45, 2.75) is 39.0 Å². The smallest absolute Gasteiger partial charge is 0.317 e. The molecule has 40 heavy (non-hydrogen) atoms. The van der Waals surface area contributed by atoms with Crippen LogP contribution in [0.3, 0.4) is 0 Å². The van der Waals surface area contributed by atoms with Crippen molar-refractivity contribution in [2.75, 3.05) is 98.7 Å². The molecular weight excluding hydrogens is 524 g/mol. The first-order chi connectivity index (χ1) is 19.2. The number of unbranched alkanes of at least 4 members (excludes halogenated alkanes) is 2. The van der Waals surface area contributed by atoms with Gasteiger partial charge in [0.2, 0.25) is 11.8 Å². The average Bonchev–Trinajstić information content (AvgIpc) is 2.91. The van der Waals surface area contributed by atoms with Crippen LogP contribution in [0.2, 0.25) is 0 Å². The number of aliphatic hydroxyl groups is 1. The third-order valence-corrected chi connectivity index (χ3v) is 6.32. The van der Waals surface area contributed by atoms with E-state index in [9.17, 15) is 34.2 Å². The molecule has 0 radical (unpaired) electrons. The van der Waals surface area contributed by atoms with E-state index >= 15 is 0 Å². The molecule has 1 aliphatic rings. The maximum absolute atomic E-state index is 12.6. The van der Waals surface area contributed by atoms with E-state index in [2.05, 4.69) is 10.6 Å². The van der Waals surface area contributed by atoms with Crippen LogP contribution in [0.5, 0.6) is 0 Å². The third kappa shape index (κ3) is 20.3. The Morgan fingerprint density at radius 3 is 1.55 bits per heavy atom. The molecule has 5 N–H and O–H groups in total. The Balaban J connectivity index is 0.00000742. The number of hydrogen-bond acceptors (Lipinski definition) is 10. The second-order valence-electron chi connectivity index (χ2n) is 9.59. The van der Waals surface area contributed by atoms with Gasteiger partial charge in [-0.25, -0.2) is 0 Å². The lowest BCUT2D eigenvalue weighted by Gasteiger charge is -2.32. The molecule has 1 aliphatic heterocycles. The van der Waals surface area contributed by atoms with E-state index in [0.29, 0.717) is 71.9 Å². The number of aldehydes is 1. The lowest BCUT2D eigenvalue weighted by Crippen LogP contribution is -2.49. The van der Waals surface area contributed by atoms with Gasteiger partial charge in [0, 0.05) is 79.0 Å². The molecule has 1 rings (SSSR count). The highest BCUT2D eigenvalue weighted by atomic mass is 16.4. The van der Waals surface area contributed by atoms with Crippen LogP contribution >= 0.6 is 0 Å². The Bertz CT molecular complexity index is 710. The number of nitrogens with one attached hydrogen (secondary N) is 2. The summed E-state index contributed by atoms with van der Waals surface area (Å²) < 4.78 is 0. The van der Waals surface area contributed by atoms with E-state index in [1.165, 1.54) is 0 Å². The third-order valence-electron chi connectivity index (χ3n) is 6.32. The Morgan fingerprint density at radius 2 is 1.10 bits per heavy atom. The average molecular weight is 575 g/mol. The maximum atomic E-state index is 12.6. The summed E-state index contributed by atoms with van der Waals surface area (Å²) in [4.78, 5) is 65.4. The summed E-state index contributed by atoms with van der Waals surface area (Å²) in [5.74, 6) is -1.99. The second-order valence-corrected chi connectivity index (χ2v) is 9.59. The first kappa shape index (κ1) is 37.4. The van der Waals surface area contributed by atoms with Gasteiger partial charge in [0.25, 0.3) is 0 Å². The Hall–Kier alpha value is -2.65. The molecule has 1 heterocycles. The minimum absolute atomic E-state index is 0.0523. The van der Waals surface area contributed by atoms with Gasteiger partial charge in [-0.2, -0.15) is 0 Å². The van der Waals surface area contributed by atoms with Crippen LogP contribution in [0, 0.1) is 0 Å². The molecule has 0 spiro atoms. The number of rotatable bonds is 16. The van der Waals surface area contributed by atoms with Crippen LogP contribution in [0.25, 0.3) is 0 Å². The van der Waals surface area contributed by atoms with Crippen LogP contribution in [0.4, 0.5) is 0 Å². The fourth-order valence-electron chi connectivity index (χ4n) is 4.15. The Labute approximate surface area is 237 Å². The van der Waals surface area contributed by atoms with E-state index < -0.39 is 11.9 Å². The molecule has 0 aliphatic carbocycles. The van der Waals surface area contributed by atoms with Gasteiger partial charge in [0.15, 0.2) is 0 Å². The van der Waals surface area contributed by atoms with E-state index in [4.69, 9.17) is 5.11 Å². The molecule has 14 nitrogen and oxygen atoms in total. The summed E-state index contributed by atoms with van der Waals surface area (Å²) in [6.07, 6.45) is 4.54. The largest absolute Gasteiger partial charge is 0.480 e. The minimum Gasteiger partial charge on any atom is -0.480 e. The molecule has 1 fully saturated rings. The van der Waals surface area contributed by atoms with Gasteiger partial charge in [-0.1, -0.05) is 13.3 Å². The zero-order chi connectivity index (χ0) is 30.2. The zero-order valence-electron chi connectivity index (χ0n) is 24.2. The normalized spacial score (nSPS) is 16.5. The van der Waals surface area contributed by atoms with Crippen molar-refractivity contribution in [1.29, 1.82) is 0 Å². The highest BCUT2D eigenvalue weighted by Gasteiger charge is 2.20. The van der Waals surface area contributed by atoms with E-state index in [-0.39, 0.29) is 38.0 Å². The minimum atomic E-state index is -0.946. The number of aliphatic hydroxyl groups excluding tert-OH is 1. The Morgan fingerprint density at radius 1 is 0.650 bits per heavy atom. The molecule has 0 unspecified atom stereocenters. The second kappa shape index (κ2) is 24.2. The summed E-state index contributed by atoms with van der Waals surface area (Å²) >= 11 is 0. The van der Waals surface area contributed by atoms with Crippen LogP contribution in [-0.2, 0) is 24.0 Å². The summed E-state index contributed by atoms with van der Waals surface area (Å²) in [7, 11) is 1.00. The zero-order valence-corrected chi connectivity index (χ0v) is 24.2. The molecule has 1 saturated heterocycles. The molecule has 0 saturated carbocycles. The monoisotopic (exact) mass is 574 g/mol. The highest BCUT2D eigenvalue weighted by molar-refractivity contribution is 5.78. The van der Waals surface area contributed by atoms with Crippen LogP contribution in [0.1, 0.15) is 39.0 Å². The number of hydrogen-bond donors (Lipinski definition) is 5. The summed E-state index contributed by atoms with van der Waals surface area (Å²) in [6.45, 7) is 6.81. The maximum Gasteiger partial charge on any atom is 0.317 e. The number of amides is 2. The highest BCUT2D eigenvalue weighted by Crippen LogP contribution is 2.02. The number of carbonyl (C=O) groups excluding carboxylic acids is 3. The molecule has 0 atom stereocenters. The first-order valence-electron chi connectivity index (χ1n) is 14.0. The molecule has 0 bridgehead atoms. The van der Waals surface area contributed by atoms with Crippen LogP contribution in [-0.4, -0.2) is 164 Å². The topological polar surface area (TPSA) is 183 Å². The van der Waals surface area contributed by atoms with Crippen molar-refractivity contribution >= 4 is 30.0 Å². The molecule has 2 amide bonds. The van der Waals surface area contributed by atoms with Crippen molar-refractivity contribution in [1.82, 2.24) is 30.2 Å². The van der Waals surface area contributed by atoms with Crippen molar-refractivity contribution in [2.24, 2.45) is 0 Å². The summed E-state index contributed by atoms with van der Waals surface area (Å²) in [5, 5.41) is 31.4. The number of carbonyl (C=O) groups is 5. The van der Waals surface area contributed by atoms with Gasteiger partial charge in [-0.15, -0.1) is 0 Å². The SMILES string of the molecule is CCCNC(=O)CCCCCNC(=O)CN1CCN(CC(=O)O)CCN(CC=O)CCN(CC(=O)O)CC1.CO. The van der Waals surface area contributed by atoms with Gasteiger partial charge < -0.3 is 30.7 Å². The fraction of sp³-hybridized carbons (Fsp3) is 0.808. The molecule has 14 heteroatoms. The predicted octanol–water partition coefficient (Wildman–Crippen LogP) is -1.61. The van der Waals surface area contributed by atoms with Crippen LogP contribution < -0.4 is 10.6 Å². The van der Waals surface area contributed by atoms with Gasteiger partial charge >= 0.3 is 11.9 Å². The number of nitrogens with zero attached hydrogens (tertiary/aromatic N) is 4. The number of aliphatic carboxylic acids is 2. The van der Waals surface area contributed by atoms with Crippen molar-refractivity contribution < 1.29 is 39.3 Å². The first-order valence-corrected chi connectivity index (χ1v) is 14.0. The molecular formula is C26H50N6O8. The van der Waals surface area contributed by atoms with Crippen LogP contribution in [0.15, 0.2) is 0 Å². The van der Waals surface area contributed by atoms with Crippen molar-refractivity contribution in [3.05, 3.63) is 0 Å². The summed E-state index contributed by atoms with van der Waals surface area (Å²) in [5.41, 5.74) is 0. The van der Waals surface area contributed by atoms with Gasteiger partial charge in [0.05, 0.1) is 26.2 Å². The molecule has 0 aromatic rings. The van der Waals surface area contributed by atoms with Gasteiger partial charge in [0.1, 0.15) is 6.29 Å². The quantitative estimate of drug-likeness (QED) is 0.105. The van der Waals surface area contributed by atoms with E-state index in [1.807, 2.05) is 16.7 Å². The lowest BCUT2D eigenvalue weighted by molar-refractivity contribution is -0.139. The van der Waals surface area contributed by atoms with Crippen molar-refractivity contribution in [3.8, 4) is 0 Å². The number of carboxylic acids is 2. The molecule has 232 valence electrons. The standard InChI is InChI=1S/C25H46N6O7.CH4O/c1-2-7-26-22(33)6-4-3-5-8-27-23(34)19-29-13-15-30(20-24(35)36)11-9-28(17-18-32)10-12-31(16-14-29)21-25(37)38;1-2/h18H,2-17,19-21H2,1H3,(H,26,33)(H,27,34)(H,35,36)(H,37,38);2H,1H3. The summed E-state index contributed by atoms with van der Waals surface area (Å²) in [6, 6.07) is 0. The van der Waals surface area contributed by atoms with Gasteiger partial charge in [-0.05, 0) is 19.3 Å². The molecule has 0 aromatic heterocycles. The number of carboxylic acid groups (broad SMARTS) is 2. The lowest BCUT2D eigenvalue weighted by atomic mass is 10.2. The Kier molecular flexibility index (Phi) is 22.6. The fourth-order valence-corrected chi connectivity index (χ4v) is 4.15.